The van der Waals surface area contributed by atoms with Gasteiger partial charge in [0.1, 0.15) is 0 Å². The van der Waals surface area contributed by atoms with Crippen molar-refractivity contribution in [3.63, 3.8) is 0 Å². The topological polar surface area (TPSA) is 3.24 Å². The summed E-state index contributed by atoms with van der Waals surface area (Å²) < 4.78 is 0. The van der Waals surface area contributed by atoms with Crippen molar-refractivity contribution < 1.29 is 0 Å². The summed E-state index contributed by atoms with van der Waals surface area (Å²) in [6.45, 7) is 11.9. The predicted octanol–water partition coefficient (Wildman–Crippen LogP) is 10.1. The van der Waals surface area contributed by atoms with Crippen molar-refractivity contribution in [3.05, 3.63) is 11.6 Å². The average molecular weight is 442 g/mol. The zero-order valence-corrected chi connectivity index (χ0v) is 22.0. The van der Waals surface area contributed by atoms with Gasteiger partial charge in [0.25, 0.3) is 0 Å². The second kappa shape index (κ2) is 23.6. The Kier molecular flexibility index (Phi) is 23.6. The van der Waals surface area contributed by atoms with Gasteiger partial charge in [-0.15, -0.1) is 0 Å². The average Bonchev–Trinajstić information content (AvgIpc) is 2.76. The third kappa shape index (κ3) is 17.6. The van der Waals surface area contributed by atoms with Crippen LogP contribution in [0.15, 0.2) is 11.6 Å². The zero-order valence-electron chi connectivity index (χ0n) is 21.3. The fraction of sp³-hybridized carbons (Fsp3) is 0.929. The van der Waals surface area contributed by atoms with Gasteiger partial charge in [0.15, 0.2) is 0 Å². The SMILES string of the molecule is CCCCCCCCCCCC(C=CCl)CCCC(CC)N(CCCC)CCCC. The molecule has 0 aliphatic rings. The maximum absolute atomic E-state index is 5.96. The van der Waals surface area contributed by atoms with Crippen LogP contribution in [0.3, 0.4) is 0 Å². The molecule has 0 heterocycles. The van der Waals surface area contributed by atoms with Crippen molar-refractivity contribution in [2.75, 3.05) is 13.1 Å². The van der Waals surface area contributed by atoms with E-state index >= 15 is 0 Å². The molecule has 0 aliphatic carbocycles. The minimum Gasteiger partial charge on any atom is -0.300 e. The van der Waals surface area contributed by atoms with Crippen LogP contribution < -0.4 is 0 Å². The van der Waals surface area contributed by atoms with Gasteiger partial charge >= 0.3 is 0 Å². The molecule has 0 N–H and O–H groups in total. The molecule has 0 saturated carbocycles. The lowest BCUT2D eigenvalue weighted by molar-refractivity contribution is 0.171. The van der Waals surface area contributed by atoms with Crippen LogP contribution in [-0.2, 0) is 0 Å². The molecule has 0 aromatic carbocycles. The Balaban J connectivity index is 4.12. The van der Waals surface area contributed by atoms with Crippen molar-refractivity contribution >= 4 is 11.6 Å². The van der Waals surface area contributed by atoms with E-state index in [2.05, 4.69) is 38.7 Å². The van der Waals surface area contributed by atoms with E-state index < -0.39 is 0 Å². The van der Waals surface area contributed by atoms with Crippen LogP contribution in [0.25, 0.3) is 0 Å². The molecular weight excluding hydrogens is 386 g/mol. The summed E-state index contributed by atoms with van der Waals surface area (Å²) in [4.78, 5) is 2.79. The van der Waals surface area contributed by atoms with Crippen molar-refractivity contribution in [2.45, 2.75) is 149 Å². The van der Waals surface area contributed by atoms with Crippen LogP contribution in [0, 0.1) is 5.92 Å². The van der Waals surface area contributed by atoms with Crippen LogP contribution in [0.4, 0.5) is 0 Å². The smallest absolute Gasteiger partial charge is 0.00926 e. The van der Waals surface area contributed by atoms with E-state index in [9.17, 15) is 0 Å². The van der Waals surface area contributed by atoms with Gasteiger partial charge in [0.05, 0.1) is 0 Å². The van der Waals surface area contributed by atoms with Crippen LogP contribution in [0.1, 0.15) is 143 Å². The molecule has 2 unspecified atom stereocenters. The molecule has 0 bridgehead atoms. The summed E-state index contributed by atoms with van der Waals surface area (Å²) in [6.07, 6.45) is 26.9. The van der Waals surface area contributed by atoms with E-state index in [4.69, 9.17) is 11.6 Å². The molecule has 0 saturated heterocycles. The highest BCUT2D eigenvalue weighted by atomic mass is 35.5. The number of hydrogen-bond donors (Lipinski definition) is 0. The Morgan fingerprint density at radius 3 is 1.60 bits per heavy atom. The highest BCUT2D eigenvalue weighted by molar-refractivity contribution is 6.25. The minimum absolute atomic E-state index is 0.685. The number of nitrogens with zero attached hydrogens (tertiary/aromatic N) is 1. The molecule has 0 fully saturated rings. The fourth-order valence-electron chi connectivity index (χ4n) is 4.62. The first-order valence-corrected chi connectivity index (χ1v) is 14.2. The molecule has 0 aliphatic heterocycles. The van der Waals surface area contributed by atoms with Crippen LogP contribution in [-0.4, -0.2) is 24.0 Å². The normalized spacial score (nSPS) is 14.1. The first-order valence-electron chi connectivity index (χ1n) is 13.7. The van der Waals surface area contributed by atoms with E-state index in [-0.39, 0.29) is 0 Å². The molecule has 0 amide bonds. The summed E-state index contributed by atoms with van der Waals surface area (Å²) in [5.74, 6) is 0.685. The lowest BCUT2D eigenvalue weighted by Crippen LogP contribution is -2.36. The molecule has 30 heavy (non-hydrogen) atoms. The van der Waals surface area contributed by atoms with Gasteiger partial charge in [-0.25, -0.2) is 0 Å². The number of halogens is 1. The number of rotatable bonds is 23. The van der Waals surface area contributed by atoms with Crippen LogP contribution in [0.5, 0.6) is 0 Å². The molecule has 0 aromatic heterocycles. The third-order valence-electron chi connectivity index (χ3n) is 6.72. The van der Waals surface area contributed by atoms with E-state index in [1.165, 1.54) is 129 Å². The molecule has 1 nitrogen and oxygen atoms in total. The molecule has 2 heteroatoms. The number of allylic oxidation sites excluding steroid dienone is 1. The van der Waals surface area contributed by atoms with Gasteiger partial charge in [0, 0.05) is 11.6 Å². The Hall–Kier alpha value is -0.0100. The van der Waals surface area contributed by atoms with Crippen LogP contribution in [0.2, 0.25) is 0 Å². The van der Waals surface area contributed by atoms with Crippen molar-refractivity contribution in [1.82, 2.24) is 4.90 Å². The third-order valence-corrected chi connectivity index (χ3v) is 6.87. The fourth-order valence-corrected chi connectivity index (χ4v) is 4.82. The Labute approximate surface area is 196 Å². The highest BCUT2D eigenvalue weighted by Gasteiger charge is 2.16. The van der Waals surface area contributed by atoms with Crippen molar-refractivity contribution in [3.8, 4) is 0 Å². The molecule has 0 aromatic rings. The Morgan fingerprint density at radius 1 is 0.600 bits per heavy atom. The lowest BCUT2D eigenvalue weighted by Gasteiger charge is -2.31. The van der Waals surface area contributed by atoms with E-state index in [0.717, 1.165) is 6.04 Å². The Morgan fingerprint density at radius 2 is 1.10 bits per heavy atom. The first-order chi connectivity index (χ1) is 14.7. The second-order valence-corrected chi connectivity index (χ2v) is 9.68. The number of hydrogen-bond acceptors (Lipinski definition) is 1. The van der Waals surface area contributed by atoms with E-state index in [1.807, 2.05) is 0 Å². The minimum atomic E-state index is 0.685. The van der Waals surface area contributed by atoms with Gasteiger partial charge in [-0.2, -0.15) is 0 Å². The van der Waals surface area contributed by atoms with Gasteiger partial charge in [0.2, 0.25) is 0 Å². The molecule has 180 valence electrons. The molecule has 0 spiro atoms. The summed E-state index contributed by atoms with van der Waals surface area (Å²) >= 11 is 5.96. The summed E-state index contributed by atoms with van der Waals surface area (Å²) in [5.41, 5.74) is 1.77. The maximum Gasteiger partial charge on any atom is 0.00926 e. The highest BCUT2D eigenvalue weighted by Crippen LogP contribution is 2.22. The van der Waals surface area contributed by atoms with Crippen molar-refractivity contribution in [1.29, 1.82) is 0 Å². The van der Waals surface area contributed by atoms with Crippen LogP contribution >= 0.6 is 11.6 Å². The molecule has 0 rings (SSSR count). The first kappa shape index (κ1) is 30.0. The van der Waals surface area contributed by atoms with Gasteiger partial charge in [-0.1, -0.05) is 122 Å². The predicted molar refractivity (Wildman–Crippen MR) is 140 cm³/mol. The van der Waals surface area contributed by atoms with Gasteiger partial charge in [-0.05, 0) is 57.5 Å². The van der Waals surface area contributed by atoms with Gasteiger partial charge < -0.3 is 4.90 Å². The molecular formula is C28H56ClN. The molecule has 0 radical (unpaired) electrons. The maximum atomic E-state index is 5.96. The van der Waals surface area contributed by atoms with Crippen molar-refractivity contribution in [2.24, 2.45) is 5.92 Å². The largest absolute Gasteiger partial charge is 0.300 e. The summed E-state index contributed by atoms with van der Waals surface area (Å²) in [5, 5.41) is 0. The lowest BCUT2D eigenvalue weighted by atomic mass is 9.93. The summed E-state index contributed by atoms with van der Waals surface area (Å²) in [6, 6.07) is 0.774. The number of unbranched alkanes of at least 4 members (excludes halogenated alkanes) is 10. The quantitative estimate of drug-likeness (QED) is 0.142. The molecule has 2 atom stereocenters. The summed E-state index contributed by atoms with van der Waals surface area (Å²) in [7, 11) is 0. The van der Waals surface area contributed by atoms with Gasteiger partial charge in [-0.3, -0.25) is 0 Å². The monoisotopic (exact) mass is 441 g/mol. The standard InChI is InChI=1S/C28H56ClN/c1-5-9-12-13-14-15-16-17-18-20-27(23-24-29)21-19-22-28(8-4)30(25-10-6-2)26-11-7-3/h23-24,27-28H,5-22,25-26H2,1-4H3. The van der Waals surface area contributed by atoms with E-state index in [1.54, 1.807) is 5.54 Å². The zero-order chi connectivity index (χ0) is 22.3. The Bertz CT molecular complexity index is 347. The second-order valence-electron chi connectivity index (χ2n) is 9.43. The van der Waals surface area contributed by atoms with E-state index in [0.29, 0.717) is 5.92 Å².